The average molecular weight is 431 g/mol. The van der Waals surface area contributed by atoms with Gasteiger partial charge in [0.25, 0.3) is 5.91 Å². The van der Waals surface area contributed by atoms with E-state index in [1.54, 1.807) is 12.1 Å². The molecule has 25 heavy (non-hydrogen) atoms. The van der Waals surface area contributed by atoms with Crippen molar-refractivity contribution >= 4 is 68.9 Å². The summed E-state index contributed by atoms with van der Waals surface area (Å²) in [4.78, 5) is 12.3. The molecular weight excluding hydrogens is 421 g/mol. The number of nitrogens with zero attached hydrogens (tertiary/aromatic N) is 2. The van der Waals surface area contributed by atoms with Crippen molar-refractivity contribution in [2.45, 2.75) is 10.1 Å². The highest BCUT2D eigenvalue weighted by Gasteiger charge is 2.14. The fourth-order valence-corrected chi connectivity index (χ4v) is 4.33. The van der Waals surface area contributed by atoms with E-state index in [2.05, 4.69) is 15.5 Å². The first kappa shape index (κ1) is 18.5. The Hall–Kier alpha value is -1.31. The van der Waals surface area contributed by atoms with Crippen LogP contribution in [0.3, 0.4) is 0 Å². The predicted molar refractivity (Wildman–Crippen MR) is 105 cm³/mol. The maximum absolute atomic E-state index is 12.3. The Labute approximate surface area is 167 Å². The van der Waals surface area contributed by atoms with E-state index in [4.69, 9.17) is 34.8 Å². The molecule has 4 nitrogen and oxygen atoms in total. The molecular formula is C16H10Cl3N3OS2. The molecule has 0 aliphatic rings. The highest BCUT2D eigenvalue weighted by molar-refractivity contribution is 8.00. The van der Waals surface area contributed by atoms with Crippen LogP contribution in [0.2, 0.25) is 15.1 Å². The molecule has 1 amide bonds. The van der Waals surface area contributed by atoms with Crippen LogP contribution in [0.4, 0.5) is 5.13 Å². The molecule has 0 atom stereocenters. The summed E-state index contributed by atoms with van der Waals surface area (Å²) in [6, 6.07) is 12.3. The first-order valence-corrected chi connectivity index (χ1v) is 9.92. The summed E-state index contributed by atoms with van der Waals surface area (Å²) in [5, 5.41) is 12.6. The second kappa shape index (κ2) is 8.38. The van der Waals surface area contributed by atoms with E-state index in [-0.39, 0.29) is 10.9 Å². The summed E-state index contributed by atoms with van der Waals surface area (Å²) in [6.07, 6.45) is 0. The molecule has 0 saturated carbocycles. The molecule has 1 N–H and O–H groups in total. The van der Waals surface area contributed by atoms with E-state index in [0.717, 1.165) is 9.90 Å². The second-order valence-electron chi connectivity index (χ2n) is 4.87. The van der Waals surface area contributed by atoms with Crippen molar-refractivity contribution < 1.29 is 4.79 Å². The fourth-order valence-electron chi connectivity index (χ4n) is 1.93. The highest BCUT2D eigenvalue weighted by atomic mass is 35.5. The molecule has 0 aliphatic heterocycles. The van der Waals surface area contributed by atoms with Gasteiger partial charge >= 0.3 is 0 Å². The van der Waals surface area contributed by atoms with Gasteiger partial charge in [-0.15, -0.1) is 10.2 Å². The molecule has 3 rings (SSSR count). The first-order chi connectivity index (χ1) is 12.0. The molecule has 0 saturated heterocycles. The molecule has 2 aromatic carbocycles. The van der Waals surface area contributed by atoms with Crippen molar-refractivity contribution in [1.29, 1.82) is 0 Å². The number of halogens is 3. The number of carbonyl (C=O) groups is 1. The maximum Gasteiger partial charge on any atom is 0.259 e. The van der Waals surface area contributed by atoms with Gasteiger partial charge in [0.2, 0.25) is 5.13 Å². The van der Waals surface area contributed by atoms with Crippen LogP contribution < -0.4 is 5.32 Å². The number of aromatic nitrogens is 2. The molecule has 0 radical (unpaired) electrons. The van der Waals surface area contributed by atoms with Gasteiger partial charge in [-0.1, -0.05) is 70.0 Å². The smallest absolute Gasteiger partial charge is 0.259 e. The van der Waals surface area contributed by atoms with Crippen molar-refractivity contribution in [3.05, 3.63) is 68.7 Å². The molecule has 3 aromatic rings. The van der Waals surface area contributed by atoms with Crippen LogP contribution >= 0.6 is 57.9 Å². The molecule has 0 bridgehead atoms. The van der Waals surface area contributed by atoms with Gasteiger partial charge in [0.15, 0.2) is 4.34 Å². The Kier molecular flexibility index (Phi) is 6.19. The quantitative estimate of drug-likeness (QED) is 0.396. The summed E-state index contributed by atoms with van der Waals surface area (Å²) >= 11 is 20.7. The highest BCUT2D eigenvalue weighted by Crippen LogP contribution is 2.29. The lowest BCUT2D eigenvalue weighted by Gasteiger charge is -2.03. The Morgan fingerprint density at radius 2 is 1.88 bits per heavy atom. The Morgan fingerprint density at radius 3 is 2.64 bits per heavy atom. The van der Waals surface area contributed by atoms with Gasteiger partial charge in [-0.2, -0.15) is 0 Å². The Bertz CT molecular complexity index is 917. The molecule has 9 heteroatoms. The van der Waals surface area contributed by atoms with Gasteiger partial charge in [0.05, 0.1) is 10.6 Å². The lowest BCUT2D eigenvalue weighted by Crippen LogP contribution is -2.12. The molecule has 0 unspecified atom stereocenters. The predicted octanol–water partition coefficient (Wildman–Crippen LogP) is 6.04. The third kappa shape index (κ3) is 5.09. The molecule has 1 aromatic heterocycles. The van der Waals surface area contributed by atoms with Crippen molar-refractivity contribution in [2.24, 2.45) is 0 Å². The number of carbonyl (C=O) groups excluding carboxylic acids is 1. The summed E-state index contributed by atoms with van der Waals surface area (Å²) in [5.41, 5.74) is 1.42. The number of nitrogens with one attached hydrogen (secondary N) is 1. The SMILES string of the molecule is O=C(Nc1nnc(SCc2cccc(Cl)c2)s1)c1ccc(Cl)cc1Cl. The summed E-state index contributed by atoms with van der Waals surface area (Å²) in [6.45, 7) is 0. The lowest BCUT2D eigenvalue weighted by atomic mass is 10.2. The van der Waals surface area contributed by atoms with E-state index in [1.165, 1.54) is 29.2 Å². The number of anilines is 1. The van der Waals surface area contributed by atoms with Gasteiger partial charge in [-0.25, -0.2) is 0 Å². The van der Waals surface area contributed by atoms with Crippen molar-refractivity contribution in [3.8, 4) is 0 Å². The monoisotopic (exact) mass is 429 g/mol. The Morgan fingerprint density at radius 1 is 1.08 bits per heavy atom. The van der Waals surface area contributed by atoms with Crippen LogP contribution in [0.1, 0.15) is 15.9 Å². The minimum absolute atomic E-state index is 0.282. The molecule has 0 spiro atoms. The molecule has 128 valence electrons. The van der Waals surface area contributed by atoms with Crippen LogP contribution in [0.25, 0.3) is 0 Å². The second-order valence-corrected chi connectivity index (χ2v) is 8.35. The average Bonchev–Trinajstić information content (AvgIpc) is 3.00. The van der Waals surface area contributed by atoms with Gasteiger partial charge in [0.1, 0.15) is 0 Å². The van der Waals surface area contributed by atoms with Crippen molar-refractivity contribution in [1.82, 2.24) is 10.2 Å². The van der Waals surface area contributed by atoms with E-state index in [9.17, 15) is 4.79 Å². The zero-order chi connectivity index (χ0) is 17.8. The number of benzene rings is 2. The van der Waals surface area contributed by atoms with Crippen LogP contribution in [0.5, 0.6) is 0 Å². The number of thioether (sulfide) groups is 1. The molecule has 1 heterocycles. The molecule has 0 fully saturated rings. The van der Waals surface area contributed by atoms with Crippen LogP contribution in [0.15, 0.2) is 46.8 Å². The van der Waals surface area contributed by atoms with E-state index in [0.29, 0.717) is 26.5 Å². The number of rotatable bonds is 5. The van der Waals surface area contributed by atoms with Crippen molar-refractivity contribution in [2.75, 3.05) is 5.32 Å². The van der Waals surface area contributed by atoms with Gasteiger partial charge in [0, 0.05) is 15.8 Å². The third-order valence-electron chi connectivity index (χ3n) is 3.05. The first-order valence-electron chi connectivity index (χ1n) is 6.98. The zero-order valence-electron chi connectivity index (χ0n) is 12.5. The summed E-state index contributed by atoms with van der Waals surface area (Å²) in [5.74, 6) is 0.357. The number of hydrogen-bond donors (Lipinski definition) is 1. The van der Waals surface area contributed by atoms with E-state index < -0.39 is 0 Å². The minimum Gasteiger partial charge on any atom is -0.296 e. The fraction of sp³-hybridized carbons (Fsp3) is 0.0625. The summed E-state index contributed by atoms with van der Waals surface area (Å²) < 4.78 is 0.748. The standard InChI is InChI=1S/C16H10Cl3N3OS2/c17-10-3-1-2-9(6-10)8-24-16-22-21-15(25-16)20-14(23)12-5-4-11(18)7-13(12)19/h1-7H,8H2,(H,20,21,23). The third-order valence-corrected chi connectivity index (χ3v) is 5.88. The van der Waals surface area contributed by atoms with Gasteiger partial charge in [-0.3, -0.25) is 10.1 Å². The van der Waals surface area contributed by atoms with Crippen LogP contribution in [-0.4, -0.2) is 16.1 Å². The van der Waals surface area contributed by atoms with Crippen molar-refractivity contribution in [3.63, 3.8) is 0 Å². The minimum atomic E-state index is -0.357. The largest absolute Gasteiger partial charge is 0.296 e. The topological polar surface area (TPSA) is 54.9 Å². The summed E-state index contributed by atoms with van der Waals surface area (Å²) in [7, 11) is 0. The molecule has 0 aliphatic carbocycles. The maximum atomic E-state index is 12.3. The van der Waals surface area contributed by atoms with Crippen LogP contribution in [0, 0.1) is 0 Å². The Balaban J connectivity index is 1.62. The number of amides is 1. The lowest BCUT2D eigenvalue weighted by molar-refractivity contribution is 0.102. The van der Waals surface area contributed by atoms with Gasteiger partial charge < -0.3 is 0 Å². The van der Waals surface area contributed by atoms with Gasteiger partial charge in [-0.05, 0) is 35.9 Å². The number of hydrogen-bond acceptors (Lipinski definition) is 5. The normalized spacial score (nSPS) is 10.7. The van der Waals surface area contributed by atoms with E-state index in [1.807, 2.05) is 24.3 Å². The van der Waals surface area contributed by atoms with E-state index >= 15 is 0 Å². The zero-order valence-corrected chi connectivity index (χ0v) is 16.4. The van der Waals surface area contributed by atoms with Crippen LogP contribution in [-0.2, 0) is 5.75 Å².